The van der Waals surface area contributed by atoms with E-state index in [1.54, 1.807) is 0 Å². The van der Waals surface area contributed by atoms with Crippen LogP contribution < -0.4 is 0 Å². The molecule has 0 aromatic carbocycles. The highest BCUT2D eigenvalue weighted by molar-refractivity contribution is 5.84. The summed E-state index contributed by atoms with van der Waals surface area (Å²) < 4.78 is 50.1. The van der Waals surface area contributed by atoms with Crippen LogP contribution in [0.1, 0.15) is 20.3 Å². The number of carbonyl (C=O) groups is 2. The Hall–Kier alpha value is -1.34. The quantitative estimate of drug-likeness (QED) is 0.740. The van der Waals surface area contributed by atoms with E-state index in [2.05, 4.69) is 0 Å². The van der Waals surface area contributed by atoms with Crippen molar-refractivity contribution in [1.82, 2.24) is 9.80 Å². The maximum absolute atomic E-state index is 12.9. The van der Waals surface area contributed by atoms with Crippen LogP contribution in [0.3, 0.4) is 0 Å². The molecular weight excluding hydrogens is 280 g/mol. The maximum atomic E-state index is 12.9. The van der Waals surface area contributed by atoms with Crippen LogP contribution in [0, 0.1) is 5.92 Å². The Kier molecular flexibility index (Phi) is 5.35. The fourth-order valence-electron chi connectivity index (χ4n) is 1.94. The van der Waals surface area contributed by atoms with Crippen LogP contribution in [0.15, 0.2) is 0 Å². The average molecular weight is 298 g/mol. The number of hydrogen-bond acceptors (Lipinski definition) is 2. The second-order valence-corrected chi connectivity index (χ2v) is 5.19. The molecule has 0 radical (unpaired) electrons. The van der Waals surface area contributed by atoms with Crippen molar-refractivity contribution in [2.24, 2.45) is 5.92 Å². The van der Waals surface area contributed by atoms with Crippen molar-refractivity contribution in [3.63, 3.8) is 0 Å². The maximum Gasteiger partial charge on any atom is 0.383 e. The second-order valence-electron chi connectivity index (χ2n) is 5.19. The summed E-state index contributed by atoms with van der Waals surface area (Å²) in [4.78, 5) is 25.2. The van der Waals surface area contributed by atoms with Crippen LogP contribution in [-0.4, -0.2) is 60.1 Å². The van der Waals surface area contributed by atoms with Gasteiger partial charge < -0.3 is 9.80 Å². The predicted octanol–water partition coefficient (Wildman–Crippen LogP) is 1.60. The van der Waals surface area contributed by atoms with E-state index in [0.717, 1.165) is 0 Å². The van der Waals surface area contributed by atoms with E-state index in [-0.39, 0.29) is 38.0 Å². The van der Waals surface area contributed by atoms with Crippen molar-refractivity contribution < 1.29 is 27.2 Å². The Bertz CT molecular complexity index is 366. The topological polar surface area (TPSA) is 40.6 Å². The minimum atomic E-state index is -4.66. The van der Waals surface area contributed by atoms with Gasteiger partial charge in [-0.2, -0.15) is 8.78 Å². The van der Waals surface area contributed by atoms with Gasteiger partial charge in [0.15, 0.2) is 0 Å². The lowest BCUT2D eigenvalue weighted by molar-refractivity contribution is -0.182. The fraction of sp³-hybridized carbons (Fsp3) is 0.833. The molecule has 1 aliphatic rings. The SMILES string of the molecule is CC(C)CC(=O)N1CCN(C(=O)C(F)(F)C(F)F)CC1. The van der Waals surface area contributed by atoms with Gasteiger partial charge in [-0.15, -0.1) is 0 Å². The lowest BCUT2D eigenvalue weighted by atomic mass is 10.1. The van der Waals surface area contributed by atoms with Crippen molar-refractivity contribution in [1.29, 1.82) is 0 Å². The Morgan fingerprint density at radius 3 is 1.90 bits per heavy atom. The van der Waals surface area contributed by atoms with Crippen molar-refractivity contribution in [3.05, 3.63) is 0 Å². The summed E-state index contributed by atoms with van der Waals surface area (Å²) in [5.41, 5.74) is 0. The standard InChI is InChI=1S/C12H18F4N2O2/c1-8(2)7-9(19)17-3-5-18(6-4-17)11(20)12(15,16)10(13)14/h8,10H,3-7H2,1-2H3. The third-order valence-corrected chi connectivity index (χ3v) is 3.06. The zero-order valence-electron chi connectivity index (χ0n) is 11.4. The molecule has 1 saturated heterocycles. The molecule has 4 nitrogen and oxygen atoms in total. The van der Waals surface area contributed by atoms with Crippen LogP contribution in [0.5, 0.6) is 0 Å². The number of nitrogens with zero attached hydrogens (tertiary/aromatic N) is 2. The van der Waals surface area contributed by atoms with E-state index in [1.807, 2.05) is 13.8 Å². The molecule has 0 saturated carbocycles. The highest BCUT2D eigenvalue weighted by Crippen LogP contribution is 2.26. The number of carbonyl (C=O) groups excluding carboxylic acids is 2. The minimum Gasteiger partial charge on any atom is -0.339 e. The molecule has 0 unspecified atom stereocenters. The molecule has 2 amide bonds. The summed E-state index contributed by atoms with van der Waals surface area (Å²) in [5.74, 6) is -6.48. The van der Waals surface area contributed by atoms with Gasteiger partial charge >= 0.3 is 12.3 Å². The molecule has 0 aromatic rings. The summed E-state index contributed by atoms with van der Waals surface area (Å²) >= 11 is 0. The molecule has 8 heteroatoms. The zero-order valence-corrected chi connectivity index (χ0v) is 11.4. The van der Waals surface area contributed by atoms with Crippen LogP contribution >= 0.6 is 0 Å². The monoisotopic (exact) mass is 298 g/mol. The smallest absolute Gasteiger partial charge is 0.339 e. The van der Waals surface area contributed by atoms with Gasteiger partial charge in [-0.1, -0.05) is 13.8 Å². The molecular formula is C12H18F4N2O2. The van der Waals surface area contributed by atoms with E-state index < -0.39 is 18.3 Å². The van der Waals surface area contributed by atoms with Crippen molar-refractivity contribution in [2.75, 3.05) is 26.2 Å². The van der Waals surface area contributed by atoms with Gasteiger partial charge in [-0.05, 0) is 5.92 Å². The first kappa shape index (κ1) is 16.7. The Morgan fingerprint density at radius 2 is 1.50 bits per heavy atom. The molecule has 20 heavy (non-hydrogen) atoms. The van der Waals surface area contributed by atoms with E-state index in [1.165, 1.54) is 4.90 Å². The summed E-state index contributed by atoms with van der Waals surface area (Å²) in [6.07, 6.45) is -3.68. The first-order valence-corrected chi connectivity index (χ1v) is 6.39. The molecule has 0 atom stereocenters. The molecule has 0 spiro atoms. The van der Waals surface area contributed by atoms with Gasteiger partial charge in [0.2, 0.25) is 5.91 Å². The first-order valence-electron chi connectivity index (χ1n) is 6.39. The number of halogens is 4. The molecule has 1 rings (SSSR count). The molecule has 1 fully saturated rings. The predicted molar refractivity (Wildman–Crippen MR) is 63.6 cm³/mol. The second kappa shape index (κ2) is 6.41. The summed E-state index contributed by atoms with van der Waals surface area (Å²) in [6, 6.07) is 0. The van der Waals surface area contributed by atoms with E-state index in [4.69, 9.17) is 0 Å². The van der Waals surface area contributed by atoms with Gasteiger partial charge in [0.25, 0.3) is 5.91 Å². The van der Waals surface area contributed by atoms with Crippen molar-refractivity contribution >= 4 is 11.8 Å². The van der Waals surface area contributed by atoms with E-state index in [9.17, 15) is 27.2 Å². The molecule has 1 heterocycles. The lowest BCUT2D eigenvalue weighted by Gasteiger charge is -2.36. The average Bonchev–Trinajstić information content (AvgIpc) is 2.37. The van der Waals surface area contributed by atoms with E-state index in [0.29, 0.717) is 11.3 Å². The van der Waals surface area contributed by atoms with Gasteiger partial charge in [-0.3, -0.25) is 9.59 Å². The van der Waals surface area contributed by atoms with Crippen molar-refractivity contribution in [2.45, 2.75) is 32.6 Å². The normalized spacial score (nSPS) is 17.0. The van der Waals surface area contributed by atoms with Gasteiger partial charge in [0, 0.05) is 32.6 Å². The minimum absolute atomic E-state index is 0.0939. The highest BCUT2D eigenvalue weighted by atomic mass is 19.3. The van der Waals surface area contributed by atoms with Crippen molar-refractivity contribution in [3.8, 4) is 0 Å². The summed E-state index contributed by atoms with van der Waals surface area (Å²) in [7, 11) is 0. The summed E-state index contributed by atoms with van der Waals surface area (Å²) in [5, 5.41) is 0. The molecule has 0 aliphatic carbocycles. The summed E-state index contributed by atoms with van der Waals surface area (Å²) in [6.45, 7) is 3.64. The Morgan fingerprint density at radius 1 is 1.05 bits per heavy atom. The lowest BCUT2D eigenvalue weighted by Crippen LogP contribution is -2.56. The molecule has 0 bridgehead atoms. The molecule has 0 N–H and O–H groups in total. The van der Waals surface area contributed by atoms with Gasteiger partial charge in [-0.25, -0.2) is 8.78 Å². The molecule has 1 aliphatic heterocycles. The number of alkyl halides is 4. The largest absolute Gasteiger partial charge is 0.383 e. The number of rotatable bonds is 4. The molecule has 0 aromatic heterocycles. The van der Waals surface area contributed by atoms with Gasteiger partial charge in [0.1, 0.15) is 0 Å². The van der Waals surface area contributed by atoms with Crippen LogP contribution in [0.2, 0.25) is 0 Å². The first-order chi connectivity index (χ1) is 9.16. The third kappa shape index (κ3) is 3.83. The number of hydrogen-bond donors (Lipinski definition) is 0. The third-order valence-electron chi connectivity index (χ3n) is 3.06. The van der Waals surface area contributed by atoms with E-state index >= 15 is 0 Å². The zero-order chi connectivity index (χ0) is 15.5. The van der Waals surface area contributed by atoms with Crippen LogP contribution in [-0.2, 0) is 9.59 Å². The Labute approximate surface area is 114 Å². The fourth-order valence-corrected chi connectivity index (χ4v) is 1.94. The highest BCUT2D eigenvalue weighted by Gasteiger charge is 2.51. The number of amides is 2. The number of piperazine rings is 1. The van der Waals surface area contributed by atoms with Gasteiger partial charge in [0.05, 0.1) is 0 Å². The van der Waals surface area contributed by atoms with Crippen LogP contribution in [0.25, 0.3) is 0 Å². The Balaban J connectivity index is 2.54. The molecule has 116 valence electrons. The van der Waals surface area contributed by atoms with Crippen LogP contribution in [0.4, 0.5) is 17.6 Å².